The Labute approximate surface area is 68.4 Å². The predicted octanol–water partition coefficient (Wildman–Crippen LogP) is 0.118. The van der Waals surface area contributed by atoms with Crippen LogP contribution in [-0.2, 0) is 0 Å². The standard InChI is InChI=1S/C8H19NO2/c1-7(2,10)5-9-6-8(3,4)11/h9-11H,5-6H2,1-4H3. The van der Waals surface area contributed by atoms with E-state index in [1.165, 1.54) is 0 Å². The molecule has 0 aliphatic rings. The van der Waals surface area contributed by atoms with E-state index in [0.29, 0.717) is 13.1 Å². The third-order valence-electron chi connectivity index (χ3n) is 1.12. The first-order valence-corrected chi connectivity index (χ1v) is 3.86. The van der Waals surface area contributed by atoms with E-state index in [1.807, 2.05) is 0 Å². The van der Waals surface area contributed by atoms with Crippen molar-refractivity contribution in [2.75, 3.05) is 13.1 Å². The lowest BCUT2D eigenvalue weighted by Gasteiger charge is -2.22. The van der Waals surface area contributed by atoms with Gasteiger partial charge in [-0.2, -0.15) is 0 Å². The second kappa shape index (κ2) is 3.52. The summed E-state index contributed by atoms with van der Waals surface area (Å²) in [5, 5.41) is 21.5. The molecule has 0 amide bonds. The molecule has 0 bridgehead atoms. The van der Waals surface area contributed by atoms with E-state index in [1.54, 1.807) is 27.7 Å². The maximum atomic E-state index is 9.27. The van der Waals surface area contributed by atoms with Crippen molar-refractivity contribution in [1.29, 1.82) is 0 Å². The Balaban J connectivity index is 3.44. The van der Waals surface area contributed by atoms with Crippen molar-refractivity contribution in [2.24, 2.45) is 0 Å². The molecule has 0 aliphatic carbocycles. The van der Waals surface area contributed by atoms with Crippen LogP contribution in [0.4, 0.5) is 0 Å². The molecule has 0 aromatic carbocycles. The van der Waals surface area contributed by atoms with Crippen LogP contribution in [0.2, 0.25) is 0 Å². The summed E-state index contributed by atoms with van der Waals surface area (Å²) in [4.78, 5) is 0. The zero-order valence-corrected chi connectivity index (χ0v) is 7.81. The molecule has 0 saturated heterocycles. The van der Waals surface area contributed by atoms with E-state index >= 15 is 0 Å². The molecular weight excluding hydrogens is 142 g/mol. The average molecular weight is 161 g/mol. The van der Waals surface area contributed by atoms with Gasteiger partial charge < -0.3 is 15.5 Å². The molecule has 0 saturated carbocycles. The van der Waals surface area contributed by atoms with Gasteiger partial charge in [0.15, 0.2) is 0 Å². The number of rotatable bonds is 4. The van der Waals surface area contributed by atoms with E-state index in [9.17, 15) is 10.2 Å². The summed E-state index contributed by atoms with van der Waals surface area (Å²) in [5.41, 5.74) is -1.41. The van der Waals surface area contributed by atoms with Gasteiger partial charge in [-0.25, -0.2) is 0 Å². The Kier molecular flexibility index (Phi) is 3.48. The highest BCUT2D eigenvalue weighted by atomic mass is 16.3. The minimum absolute atomic E-state index is 0.497. The third kappa shape index (κ3) is 9.88. The molecule has 0 fully saturated rings. The van der Waals surface area contributed by atoms with Crippen LogP contribution in [0.3, 0.4) is 0 Å². The van der Waals surface area contributed by atoms with Crippen LogP contribution < -0.4 is 5.32 Å². The minimum Gasteiger partial charge on any atom is -0.389 e. The molecule has 11 heavy (non-hydrogen) atoms. The van der Waals surface area contributed by atoms with Crippen molar-refractivity contribution in [1.82, 2.24) is 5.32 Å². The lowest BCUT2D eigenvalue weighted by atomic mass is 10.1. The fourth-order valence-corrected chi connectivity index (χ4v) is 0.674. The van der Waals surface area contributed by atoms with Crippen LogP contribution in [0, 0.1) is 0 Å². The first kappa shape index (κ1) is 10.9. The van der Waals surface area contributed by atoms with Crippen LogP contribution in [0.15, 0.2) is 0 Å². The highest BCUT2D eigenvalue weighted by Crippen LogP contribution is 2.00. The summed E-state index contributed by atoms with van der Waals surface area (Å²) in [5.74, 6) is 0. The fraction of sp³-hybridized carbons (Fsp3) is 1.00. The average Bonchev–Trinajstić information content (AvgIpc) is 1.55. The molecule has 3 nitrogen and oxygen atoms in total. The van der Waals surface area contributed by atoms with Gasteiger partial charge in [0.1, 0.15) is 0 Å². The van der Waals surface area contributed by atoms with Crippen LogP contribution >= 0.6 is 0 Å². The molecular formula is C8H19NO2. The van der Waals surface area contributed by atoms with Crippen LogP contribution in [0.1, 0.15) is 27.7 Å². The molecule has 0 heterocycles. The summed E-state index contributed by atoms with van der Waals surface area (Å²) in [6.07, 6.45) is 0. The van der Waals surface area contributed by atoms with Gasteiger partial charge in [0.05, 0.1) is 11.2 Å². The number of nitrogens with one attached hydrogen (secondary N) is 1. The summed E-state index contributed by atoms with van der Waals surface area (Å²) in [6, 6.07) is 0. The van der Waals surface area contributed by atoms with Crippen molar-refractivity contribution in [3.63, 3.8) is 0 Å². The molecule has 0 aromatic heterocycles. The summed E-state index contributed by atoms with van der Waals surface area (Å²) in [7, 11) is 0. The summed E-state index contributed by atoms with van der Waals surface area (Å²) >= 11 is 0. The maximum Gasteiger partial charge on any atom is 0.0715 e. The zero-order chi connectivity index (χ0) is 9.12. The van der Waals surface area contributed by atoms with E-state index in [-0.39, 0.29) is 0 Å². The van der Waals surface area contributed by atoms with E-state index in [2.05, 4.69) is 5.32 Å². The summed E-state index contributed by atoms with van der Waals surface area (Å²) in [6.45, 7) is 7.90. The molecule has 0 atom stereocenters. The van der Waals surface area contributed by atoms with Crippen LogP contribution in [-0.4, -0.2) is 34.5 Å². The molecule has 0 radical (unpaired) electrons. The third-order valence-corrected chi connectivity index (χ3v) is 1.12. The van der Waals surface area contributed by atoms with Gasteiger partial charge in [-0.3, -0.25) is 0 Å². The van der Waals surface area contributed by atoms with E-state index in [4.69, 9.17) is 0 Å². The van der Waals surface area contributed by atoms with Crippen molar-refractivity contribution >= 4 is 0 Å². The summed E-state index contributed by atoms with van der Waals surface area (Å²) < 4.78 is 0. The van der Waals surface area contributed by atoms with E-state index in [0.717, 1.165) is 0 Å². The Morgan fingerprint density at radius 2 is 1.18 bits per heavy atom. The molecule has 3 N–H and O–H groups in total. The van der Waals surface area contributed by atoms with Crippen LogP contribution in [0.25, 0.3) is 0 Å². The molecule has 68 valence electrons. The van der Waals surface area contributed by atoms with Gasteiger partial charge >= 0.3 is 0 Å². The normalized spacial score (nSPS) is 13.6. The van der Waals surface area contributed by atoms with Gasteiger partial charge in [0.2, 0.25) is 0 Å². The Bertz CT molecular complexity index is 96.2. The molecule has 0 aliphatic heterocycles. The quantitative estimate of drug-likeness (QED) is 0.549. The number of hydrogen-bond donors (Lipinski definition) is 3. The first-order chi connectivity index (χ1) is 4.71. The monoisotopic (exact) mass is 161 g/mol. The van der Waals surface area contributed by atoms with Crippen molar-refractivity contribution in [2.45, 2.75) is 38.9 Å². The van der Waals surface area contributed by atoms with Crippen LogP contribution in [0.5, 0.6) is 0 Å². The smallest absolute Gasteiger partial charge is 0.0715 e. The van der Waals surface area contributed by atoms with Gasteiger partial charge in [0.25, 0.3) is 0 Å². The minimum atomic E-state index is -0.703. The molecule has 3 heteroatoms. The highest BCUT2D eigenvalue weighted by molar-refractivity contribution is 4.73. The zero-order valence-electron chi connectivity index (χ0n) is 7.81. The first-order valence-electron chi connectivity index (χ1n) is 3.86. The maximum absolute atomic E-state index is 9.27. The number of aliphatic hydroxyl groups is 2. The van der Waals surface area contributed by atoms with Crippen molar-refractivity contribution < 1.29 is 10.2 Å². The molecule has 0 rings (SSSR count). The largest absolute Gasteiger partial charge is 0.389 e. The van der Waals surface area contributed by atoms with Gasteiger partial charge in [-0.15, -0.1) is 0 Å². The Hall–Kier alpha value is -0.120. The number of hydrogen-bond acceptors (Lipinski definition) is 3. The Morgan fingerprint density at radius 3 is 1.36 bits per heavy atom. The second-order valence-electron chi connectivity index (χ2n) is 4.23. The topological polar surface area (TPSA) is 52.5 Å². The lowest BCUT2D eigenvalue weighted by molar-refractivity contribution is 0.0534. The van der Waals surface area contributed by atoms with Gasteiger partial charge in [0, 0.05) is 13.1 Å². The predicted molar refractivity (Wildman–Crippen MR) is 45.5 cm³/mol. The SMILES string of the molecule is CC(C)(O)CNCC(C)(C)O. The Morgan fingerprint density at radius 1 is 0.909 bits per heavy atom. The van der Waals surface area contributed by atoms with Gasteiger partial charge in [-0.1, -0.05) is 0 Å². The fourth-order valence-electron chi connectivity index (χ4n) is 0.674. The molecule has 0 spiro atoms. The molecule has 0 unspecified atom stereocenters. The molecule has 0 aromatic rings. The lowest BCUT2D eigenvalue weighted by Crippen LogP contribution is -2.42. The van der Waals surface area contributed by atoms with Crippen molar-refractivity contribution in [3.8, 4) is 0 Å². The second-order valence-corrected chi connectivity index (χ2v) is 4.23. The van der Waals surface area contributed by atoms with Crippen molar-refractivity contribution in [3.05, 3.63) is 0 Å². The highest BCUT2D eigenvalue weighted by Gasteiger charge is 2.15. The van der Waals surface area contributed by atoms with Gasteiger partial charge in [-0.05, 0) is 27.7 Å². The van der Waals surface area contributed by atoms with E-state index < -0.39 is 11.2 Å².